The van der Waals surface area contributed by atoms with Crippen molar-refractivity contribution in [1.29, 1.82) is 0 Å². The maximum absolute atomic E-state index is 12.6. The lowest BCUT2D eigenvalue weighted by Crippen LogP contribution is -2.49. The van der Waals surface area contributed by atoms with E-state index in [1.807, 2.05) is 20.8 Å². The van der Waals surface area contributed by atoms with Crippen LogP contribution in [0.4, 0.5) is 18.0 Å². The molecule has 1 aromatic carbocycles. The molecule has 0 aromatic heterocycles. The molecule has 0 unspecified atom stereocenters. The molecule has 1 aliphatic rings. The molecule has 3 amide bonds. The number of halogens is 3. The number of rotatable bonds is 1. The highest BCUT2D eigenvalue weighted by molar-refractivity contribution is 5.94. The van der Waals surface area contributed by atoms with Crippen molar-refractivity contribution < 1.29 is 22.8 Å². The lowest BCUT2D eigenvalue weighted by atomic mass is 10.1. The van der Waals surface area contributed by atoms with E-state index >= 15 is 0 Å². The molecule has 26 heavy (non-hydrogen) atoms. The van der Waals surface area contributed by atoms with Crippen molar-refractivity contribution in [3.8, 4) is 0 Å². The fourth-order valence-electron chi connectivity index (χ4n) is 2.71. The zero-order chi connectivity index (χ0) is 19.5. The molecule has 144 valence electrons. The Morgan fingerprint density at radius 1 is 0.923 bits per heavy atom. The number of urea groups is 1. The van der Waals surface area contributed by atoms with Gasteiger partial charge in [-0.25, -0.2) is 4.79 Å². The summed E-state index contributed by atoms with van der Waals surface area (Å²) >= 11 is 0. The Hall–Kier alpha value is -2.25. The van der Waals surface area contributed by atoms with E-state index in [1.54, 1.807) is 9.80 Å². The highest BCUT2D eigenvalue weighted by Crippen LogP contribution is 2.29. The fourth-order valence-corrected chi connectivity index (χ4v) is 2.71. The van der Waals surface area contributed by atoms with Crippen molar-refractivity contribution in [1.82, 2.24) is 15.1 Å². The van der Waals surface area contributed by atoms with E-state index in [4.69, 9.17) is 0 Å². The van der Waals surface area contributed by atoms with E-state index in [0.29, 0.717) is 32.6 Å². The van der Waals surface area contributed by atoms with Crippen LogP contribution in [0.2, 0.25) is 0 Å². The number of carbonyl (C=O) groups excluding carboxylic acids is 2. The molecule has 0 aliphatic carbocycles. The molecule has 0 bridgehead atoms. The second kappa shape index (κ2) is 7.55. The molecule has 0 radical (unpaired) electrons. The zero-order valence-corrected chi connectivity index (χ0v) is 15.2. The van der Waals surface area contributed by atoms with Gasteiger partial charge >= 0.3 is 12.2 Å². The summed E-state index contributed by atoms with van der Waals surface area (Å²) in [6.07, 6.45) is -3.81. The van der Waals surface area contributed by atoms with Crippen molar-refractivity contribution in [2.75, 3.05) is 26.2 Å². The minimum Gasteiger partial charge on any atom is -0.337 e. The van der Waals surface area contributed by atoms with Crippen molar-refractivity contribution in [2.45, 2.75) is 38.9 Å². The molecule has 8 heteroatoms. The number of hydrogen-bond donors (Lipinski definition) is 1. The number of nitrogens with one attached hydrogen (secondary N) is 1. The van der Waals surface area contributed by atoms with Gasteiger partial charge in [0.25, 0.3) is 5.91 Å². The lowest BCUT2D eigenvalue weighted by molar-refractivity contribution is -0.137. The number of nitrogens with zero attached hydrogens (tertiary/aromatic N) is 2. The Labute approximate surface area is 151 Å². The Balaban J connectivity index is 2.00. The maximum Gasteiger partial charge on any atom is 0.416 e. The summed E-state index contributed by atoms with van der Waals surface area (Å²) in [5.41, 5.74) is -0.917. The van der Waals surface area contributed by atoms with Gasteiger partial charge in [-0.2, -0.15) is 13.2 Å². The first-order chi connectivity index (χ1) is 12.0. The molecular formula is C18H24F3N3O2. The van der Waals surface area contributed by atoms with Crippen LogP contribution in [0.5, 0.6) is 0 Å². The predicted molar refractivity (Wildman–Crippen MR) is 91.8 cm³/mol. The summed E-state index contributed by atoms with van der Waals surface area (Å²) in [4.78, 5) is 28.0. The highest BCUT2D eigenvalue weighted by atomic mass is 19.4. The molecule has 0 spiro atoms. The normalized spacial score (nSPS) is 16.2. The average molecular weight is 371 g/mol. The second-order valence-electron chi connectivity index (χ2n) is 7.39. The summed E-state index contributed by atoms with van der Waals surface area (Å²) in [6, 6.07) is 4.03. The third-order valence-corrected chi connectivity index (χ3v) is 4.01. The molecular weight excluding hydrogens is 347 g/mol. The van der Waals surface area contributed by atoms with E-state index in [2.05, 4.69) is 5.32 Å². The molecule has 1 aliphatic heterocycles. The molecule has 0 saturated carbocycles. The number of benzene rings is 1. The number of alkyl halides is 3. The SMILES string of the molecule is CC(C)(C)NC(=O)N1CCCN(C(=O)c2ccc(C(F)(F)F)cc2)CC1. The Bertz CT molecular complexity index is 651. The zero-order valence-electron chi connectivity index (χ0n) is 15.2. The summed E-state index contributed by atoms with van der Waals surface area (Å²) in [6.45, 7) is 7.39. The average Bonchev–Trinajstić information content (AvgIpc) is 2.78. The lowest BCUT2D eigenvalue weighted by Gasteiger charge is -2.27. The summed E-state index contributed by atoms with van der Waals surface area (Å²) < 4.78 is 37.9. The molecule has 1 N–H and O–H groups in total. The first kappa shape index (κ1) is 20.1. The van der Waals surface area contributed by atoms with Gasteiger partial charge < -0.3 is 15.1 Å². The van der Waals surface area contributed by atoms with E-state index in [1.165, 1.54) is 12.1 Å². The van der Waals surface area contributed by atoms with Gasteiger partial charge in [0.2, 0.25) is 0 Å². The van der Waals surface area contributed by atoms with Crippen molar-refractivity contribution in [2.24, 2.45) is 0 Å². The van der Waals surface area contributed by atoms with Crippen LogP contribution in [0.25, 0.3) is 0 Å². The standard InChI is InChI=1S/C18H24F3N3O2/c1-17(2,3)22-16(26)24-10-4-9-23(11-12-24)15(25)13-5-7-14(8-6-13)18(19,20)21/h5-8H,4,9-12H2,1-3H3,(H,22,26). The van der Waals surface area contributed by atoms with Crippen LogP contribution in [0.1, 0.15) is 43.1 Å². The van der Waals surface area contributed by atoms with Crippen molar-refractivity contribution in [3.05, 3.63) is 35.4 Å². The van der Waals surface area contributed by atoms with Gasteiger partial charge in [-0.1, -0.05) is 0 Å². The molecule has 5 nitrogen and oxygen atoms in total. The van der Waals surface area contributed by atoms with Gasteiger partial charge in [-0.15, -0.1) is 0 Å². The summed E-state index contributed by atoms with van der Waals surface area (Å²) in [5.74, 6) is -0.322. The van der Waals surface area contributed by atoms with E-state index < -0.39 is 11.7 Å². The molecule has 1 aromatic rings. The topological polar surface area (TPSA) is 52.7 Å². The highest BCUT2D eigenvalue weighted by Gasteiger charge is 2.31. The molecule has 0 atom stereocenters. The summed E-state index contributed by atoms with van der Waals surface area (Å²) in [5, 5.41) is 2.89. The van der Waals surface area contributed by atoms with Crippen LogP contribution in [-0.4, -0.2) is 53.5 Å². The quantitative estimate of drug-likeness (QED) is 0.823. The van der Waals surface area contributed by atoms with Gasteiger partial charge in [0.05, 0.1) is 5.56 Å². The largest absolute Gasteiger partial charge is 0.416 e. The fraction of sp³-hybridized carbons (Fsp3) is 0.556. The van der Waals surface area contributed by atoms with Crippen LogP contribution >= 0.6 is 0 Å². The molecule has 1 saturated heterocycles. The van der Waals surface area contributed by atoms with Crippen LogP contribution in [0, 0.1) is 0 Å². The minimum atomic E-state index is -4.43. The first-order valence-corrected chi connectivity index (χ1v) is 8.51. The van der Waals surface area contributed by atoms with E-state index in [-0.39, 0.29) is 23.0 Å². The smallest absolute Gasteiger partial charge is 0.337 e. The first-order valence-electron chi connectivity index (χ1n) is 8.51. The Morgan fingerprint density at radius 2 is 1.46 bits per heavy atom. The van der Waals surface area contributed by atoms with Crippen molar-refractivity contribution >= 4 is 11.9 Å². The number of hydrogen-bond acceptors (Lipinski definition) is 2. The minimum absolute atomic E-state index is 0.179. The third kappa shape index (κ3) is 5.37. The van der Waals surface area contributed by atoms with Gasteiger partial charge in [-0.3, -0.25) is 4.79 Å². The number of amides is 3. The van der Waals surface area contributed by atoms with Crippen molar-refractivity contribution in [3.63, 3.8) is 0 Å². The molecule has 2 rings (SSSR count). The van der Waals surface area contributed by atoms with E-state index in [9.17, 15) is 22.8 Å². The van der Waals surface area contributed by atoms with E-state index in [0.717, 1.165) is 12.1 Å². The van der Waals surface area contributed by atoms with Crippen LogP contribution < -0.4 is 5.32 Å². The van der Waals surface area contributed by atoms with Gasteiger partial charge in [0, 0.05) is 37.3 Å². The predicted octanol–water partition coefficient (Wildman–Crippen LogP) is 3.36. The van der Waals surface area contributed by atoms with Gasteiger partial charge in [0.15, 0.2) is 0 Å². The molecule has 1 fully saturated rings. The molecule has 1 heterocycles. The monoisotopic (exact) mass is 371 g/mol. The van der Waals surface area contributed by atoms with Crippen LogP contribution in [-0.2, 0) is 6.18 Å². The second-order valence-corrected chi connectivity index (χ2v) is 7.39. The van der Waals surface area contributed by atoms with Crippen LogP contribution in [0.15, 0.2) is 24.3 Å². The summed E-state index contributed by atoms with van der Waals surface area (Å²) in [7, 11) is 0. The Kier molecular flexibility index (Phi) is 5.83. The van der Waals surface area contributed by atoms with Crippen LogP contribution in [0.3, 0.4) is 0 Å². The van der Waals surface area contributed by atoms with Gasteiger partial charge in [-0.05, 0) is 51.5 Å². The third-order valence-electron chi connectivity index (χ3n) is 4.01. The van der Waals surface area contributed by atoms with Gasteiger partial charge in [0.1, 0.15) is 0 Å². The number of carbonyl (C=O) groups is 2. The Morgan fingerprint density at radius 3 is 2.00 bits per heavy atom. The maximum atomic E-state index is 12.6.